The van der Waals surface area contributed by atoms with E-state index in [0.717, 1.165) is 30.2 Å². The van der Waals surface area contributed by atoms with E-state index >= 15 is 0 Å². The molecule has 0 N–H and O–H groups in total. The van der Waals surface area contributed by atoms with Gasteiger partial charge in [0.2, 0.25) is 0 Å². The molecule has 0 saturated heterocycles. The molecule has 0 aromatic rings. The van der Waals surface area contributed by atoms with Crippen molar-refractivity contribution in [3.63, 3.8) is 0 Å². The summed E-state index contributed by atoms with van der Waals surface area (Å²) in [6.07, 6.45) is 9.31. The summed E-state index contributed by atoms with van der Waals surface area (Å²) in [5.41, 5.74) is 0.182. The molecule has 0 aliphatic heterocycles. The summed E-state index contributed by atoms with van der Waals surface area (Å²) in [5, 5.41) is 0. The SMILES string of the molecule is ICC1(OCCOCC2CC2)CCCCC1. The maximum atomic E-state index is 6.09. The smallest absolute Gasteiger partial charge is 0.0772 e. The maximum absolute atomic E-state index is 6.09. The predicted octanol–water partition coefficient (Wildman–Crippen LogP) is 3.57. The lowest BCUT2D eigenvalue weighted by atomic mass is 9.86. The zero-order valence-electron chi connectivity index (χ0n) is 10.0. The maximum Gasteiger partial charge on any atom is 0.0772 e. The van der Waals surface area contributed by atoms with Gasteiger partial charge in [-0.3, -0.25) is 0 Å². The second kappa shape index (κ2) is 6.55. The molecule has 2 nitrogen and oxygen atoms in total. The van der Waals surface area contributed by atoms with Crippen molar-refractivity contribution in [2.24, 2.45) is 5.92 Å². The third-order valence-electron chi connectivity index (χ3n) is 3.69. The Morgan fingerprint density at radius 2 is 1.81 bits per heavy atom. The molecule has 2 fully saturated rings. The van der Waals surface area contributed by atoms with E-state index in [2.05, 4.69) is 22.6 Å². The van der Waals surface area contributed by atoms with E-state index in [1.807, 2.05) is 0 Å². The molecule has 3 heteroatoms. The Kier molecular flexibility index (Phi) is 5.36. The van der Waals surface area contributed by atoms with Crippen LogP contribution in [0.2, 0.25) is 0 Å². The summed E-state index contributed by atoms with van der Waals surface area (Å²) in [7, 11) is 0. The van der Waals surface area contributed by atoms with E-state index in [4.69, 9.17) is 9.47 Å². The Balaban J connectivity index is 1.57. The van der Waals surface area contributed by atoms with Gasteiger partial charge in [-0.15, -0.1) is 0 Å². The molecule has 0 unspecified atom stereocenters. The molecule has 16 heavy (non-hydrogen) atoms. The summed E-state index contributed by atoms with van der Waals surface area (Å²) in [6, 6.07) is 0. The number of hydrogen-bond acceptors (Lipinski definition) is 2. The van der Waals surface area contributed by atoms with Gasteiger partial charge in [0.15, 0.2) is 0 Å². The molecule has 0 bridgehead atoms. The van der Waals surface area contributed by atoms with Crippen molar-refractivity contribution in [1.29, 1.82) is 0 Å². The number of halogens is 1. The average molecular weight is 338 g/mol. The second-order valence-corrected chi connectivity index (χ2v) is 6.01. The van der Waals surface area contributed by atoms with Crippen LogP contribution in [0.15, 0.2) is 0 Å². The number of rotatable bonds is 7. The molecule has 0 radical (unpaired) electrons. The highest BCUT2D eigenvalue weighted by Gasteiger charge is 2.31. The van der Waals surface area contributed by atoms with E-state index in [9.17, 15) is 0 Å². The summed E-state index contributed by atoms with van der Waals surface area (Å²) in [5.74, 6) is 0.869. The number of alkyl halides is 1. The quantitative estimate of drug-likeness (QED) is 0.401. The van der Waals surface area contributed by atoms with Crippen LogP contribution in [0.5, 0.6) is 0 Å². The Labute approximate surface area is 113 Å². The van der Waals surface area contributed by atoms with Crippen molar-refractivity contribution in [2.45, 2.75) is 50.5 Å². The minimum Gasteiger partial charge on any atom is -0.379 e. The fourth-order valence-electron chi connectivity index (χ4n) is 2.36. The molecule has 0 atom stereocenters. The van der Waals surface area contributed by atoms with E-state index in [-0.39, 0.29) is 5.60 Å². The average Bonchev–Trinajstić information content (AvgIpc) is 3.14. The van der Waals surface area contributed by atoms with Crippen LogP contribution in [0.25, 0.3) is 0 Å². The van der Waals surface area contributed by atoms with Crippen LogP contribution in [0.1, 0.15) is 44.9 Å². The lowest BCUT2D eigenvalue weighted by Crippen LogP contribution is -2.37. The molecule has 2 aliphatic carbocycles. The summed E-state index contributed by atoms with van der Waals surface area (Å²) >= 11 is 2.48. The second-order valence-electron chi connectivity index (χ2n) is 5.24. The zero-order valence-corrected chi connectivity index (χ0v) is 12.2. The third-order valence-corrected chi connectivity index (χ3v) is 5.08. The van der Waals surface area contributed by atoms with Crippen LogP contribution in [-0.4, -0.2) is 29.8 Å². The Morgan fingerprint density at radius 3 is 2.44 bits per heavy atom. The lowest BCUT2D eigenvalue weighted by Gasteiger charge is -2.35. The van der Waals surface area contributed by atoms with Gasteiger partial charge in [-0.1, -0.05) is 41.9 Å². The standard InChI is InChI=1S/C13H23IO2/c14-11-13(6-2-1-3-7-13)16-9-8-15-10-12-4-5-12/h12H,1-11H2. The van der Waals surface area contributed by atoms with E-state index in [1.54, 1.807) is 0 Å². The van der Waals surface area contributed by atoms with Crippen LogP contribution in [0, 0.1) is 5.92 Å². The Hall–Kier alpha value is 0.650. The normalized spacial score (nSPS) is 24.6. The first kappa shape index (κ1) is 13.1. The highest BCUT2D eigenvalue weighted by atomic mass is 127. The van der Waals surface area contributed by atoms with E-state index in [1.165, 1.54) is 44.9 Å². The third kappa shape index (κ3) is 4.15. The molecule has 0 amide bonds. The van der Waals surface area contributed by atoms with Crippen LogP contribution in [0.3, 0.4) is 0 Å². The molecule has 0 aromatic carbocycles. The monoisotopic (exact) mass is 338 g/mol. The first-order valence-electron chi connectivity index (χ1n) is 6.62. The molecule has 2 rings (SSSR count). The van der Waals surface area contributed by atoms with Crippen molar-refractivity contribution in [1.82, 2.24) is 0 Å². The van der Waals surface area contributed by atoms with E-state index < -0.39 is 0 Å². The summed E-state index contributed by atoms with van der Waals surface area (Å²) in [6.45, 7) is 2.53. The van der Waals surface area contributed by atoms with Crippen molar-refractivity contribution >= 4 is 22.6 Å². The van der Waals surface area contributed by atoms with Crippen LogP contribution in [0.4, 0.5) is 0 Å². The molecule has 2 saturated carbocycles. The molecule has 94 valence electrons. The highest BCUT2D eigenvalue weighted by molar-refractivity contribution is 14.1. The highest BCUT2D eigenvalue weighted by Crippen LogP contribution is 2.33. The zero-order chi connectivity index (χ0) is 11.3. The van der Waals surface area contributed by atoms with Crippen LogP contribution in [-0.2, 0) is 9.47 Å². The van der Waals surface area contributed by atoms with Gasteiger partial charge in [-0.05, 0) is 31.6 Å². The summed E-state index contributed by atoms with van der Waals surface area (Å²) in [4.78, 5) is 0. The van der Waals surface area contributed by atoms with Crippen LogP contribution < -0.4 is 0 Å². The molecular formula is C13H23IO2. The topological polar surface area (TPSA) is 18.5 Å². The van der Waals surface area contributed by atoms with Gasteiger partial charge in [0, 0.05) is 11.0 Å². The van der Waals surface area contributed by atoms with Gasteiger partial charge in [-0.25, -0.2) is 0 Å². The van der Waals surface area contributed by atoms with Gasteiger partial charge in [0.05, 0.1) is 18.8 Å². The molecule has 0 spiro atoms. The molecular weight excluding hydrogens is 315 g/mol. The fourth-order valence-corrected chi connectivity index (χ4v) is 3.35. The predicted molar refractivity (Wildman–Crippen MR) is 74.2 cm³/mol. The Morgan fingerprint density at radius 1 is 1.06 bits per heavy atom. The minimum atomic E-state index is 0.182. The van der Waals surface area contributed by atoms with Gasteiger partial charge in [0.1, 0.15) is 0 Å². The summed E-state index contributed by atoms with van der Waals surface area (Å²) < 4.78 is 12.8. The number of hydrogen-bond donors (Lipinski definition) is 0. The van der Waals surface area contributed by atoms with Crippen molar-refractivity contribution < 1.29 is 9.47 Å². The lowest BCUT2D eigenvalue weighted by molar-refractivity contribution is -0.0717. The van der Waals surface area contributed by atoms with Gasteiger partial charge < -0.3 is 9.47 Å². The largest absolute Gasteiger partial charge is 0.379 e. The first-order chi connectivity index (χ1) is 7.85. The van der Waals surface area contributed by atoms with Crippen molar-refractivity contribution in [3.05, 3.63) is 0 Å². The fraction of sp³-hybridized carbons (Fsp3) is 1.00. The van der Waals surface area contributed by atoms with E-state index in [0.29, 0.717) is 0 Å². The van der Waals surface area contributed by atoms with Gasteiger partial charge in [0.25, 0.3) is 0 Å². The molecule has 0 heterocycles. The van der Waals surface area contributed by atoms with Crippen molar-refractivity contribution in [2.75, 3.05) is 24.2 Å². The Bertz CT molecular complexity index is 198. The molecule has 2 aliphatic rings. The molecule has 0 aromatic heterocycles. The van der Waals surface area contributed by atoms with Crippen LogP contribution >= 0.6 is 22.6 Å². The van der Waals surface area contributed by atoms with Gasteiger partial charge >= 0.3 is 0 Å². The number of ether oxygens (including phenoxy) is 2. The van der Waals surface area contributed by atoms with Crippen molar-refractivity contribution in [3.8, 4) is 0 Å². The first-order valence-corrected chi connectivity index (χ1v) is 8.15. The van der Waals surface area contributed by atoms with Gasteiger partial charge in [-0.2, -0.15) is 0 Å². The minimum absolute atomic E-state index is 0.182.